The molecule has 0 unspecified atom stereocenters. The van der Waals surface area contributed by atoms with Crippen LogP contribution in [0.3, 0.4) is 0 Å². The highest BCUT2D eigenvalue weighted by molar-refractivity contribution is 9.10. The highest BCUT2D eigenvalue weighted by atomic mass is 79.9. The number of amides is 1. The summed E-state index contributed by atoms with van der Waals surface area (Å²) in [6.45, 7) is 0.0849. The monoisotopic (exact) mass is 600 g/mol. The fraction of sp³-hybridized carbons (Fsp3) is 0.250. The average Bonchev–Trinajstić information content (AvgIpc) is 3.67. The maximum absolute atomic E-state index is 13.6. The number of furan rings is 1. The molecule has 0 saturated heterocycles. The predicted octanol–water partition coefficient (Wildman–Crippen LogP) is 6.21. The SMILES string of the molecule is CNC(=O)c1c(-c2ccc(F)cc2)oc2cc(N(Cc3ccc(Br)c(OC)c3)S(C)(=O)=O)c(C3CC3)cc12. The number of nitrogens with one attached hydrogen (secondary N) is 1. The predicted molar refractivity (Wildman–Crippen MR) is 149 cm³/mol. The van der Waals surface area contributed by atoms with Crippen LogP contribution in [0.4, 0.5) is 10.1 Å². The van der Waals surface area contributed by atoms with Crippen LogP contribution in [0.5, 0.6) is 5.75 Å². The fourth-order valence-corrected chi connectivity index (χ4v) is 5.90. The summed E-state index contributed by atoms with van der Waals surface area (Å²) in [5.41, 5.74) is 3.32. The van der Waals surface area contributed by atoms with Crippen molar-refractivity contribution >= 4 is 48.5 Å². The number of benzene rings is 3. The Bertz CT molecular complexity index is 1650. The summed E-state index contributed by atoms with van der Waals surface area (Å²) in [5, 5.41) is 3.24. The molecule has 5 rings (SSSR count). The minimum Gasteiger partial charge on any atom is -0.496 e. The number of halogens is 2. The Hall–Kier alpha value is -3.37. The lowest BCUT2D eigenvalue weighted by Gasteiger charge is -2.25. The van der Waals surface area contributed by atoms with E-state index in [1.54, 1.807) is 31.4 Å². The molecule has 38 heavy (non-hydrogen) atoms. The lowest BCUT2D eigenvalue weighted by atomic mass is 10.00. The van der Waals surface area contributed by atoms with Crippen LogP contribution in [-0.4, -0.2) is 34.7 Å². The standard InChI is InChI=1S/C28H26BrFN2O5S/c1-31-28(33)26-21-13-20(17-5-6-17)23(14-24(21)37-27(26)18-7-9-19(30)10-8-18)32(38(3,34)35)15-16-4-11-22(29)25(12-16)36-2/h4,7-14,17H,5-6,15H2,1-3H3,(H,31,33). The highest BCUT2D eigenvalue weighted by Crippen LogP contribution is 2.48. The first-order valence-electron chi connectivity index (χ1n) is 12.0. The van der Waals surface area contributed by atoms with Gasteiger partial charge < -0.3 is 14.5 Å². The molecule has 0 aliphatic heterocycles. The van der Waals surface area contributed by atoms with Crippen LogP contribution in [0, 0.1) is 5.82 Å². The van der Waals surface area contributed by atoms with Gasteiger partial charge in [0.1, 0.15) is 22.9 Å². The Morgan fingerprint density at radius 1 is 1.16 bits per heavy atom. The molecule has 1 amide bonds. The minimum atomic E-state index is -3.71. The number of rotatable bonds is 8. The van der Waals surface area contributed by atoms with Gasteiger partial charge in [-0.25, -0.2) is 12.8 Å². The van der Waals surface area contributed by atoms with Gasteiger partial charge in [-0.15, -0.1) is 0 Å². The van der Waals surface area contributed by atoms with Crippen LogP contribution in [-0.2, 0) is 16.6 Å². The van der Waals surface area contributed by atoms with Crippen molar-refractivity contribution in [2.75, 3.05) is 24.7 Å². The fourth-order valence-electron chi connectivity index (χ4n) is 4.59. The van der Waals surface area contributed by atoms with E-state index in [0.717, 1.165) is 28.4 Å². The van der Waals surface area contributed by atoms with E-state index >= 15 is 0 Å². The number of fused-ring (bicyclic) bond motifs is 1. The van der Waals surface area contributed by atoms with Crippen LogP contribution in [0.2, 0.25) is 0 Å². The van der Waals surface area contributed by atoms with Gasteiger partial charge in [-0.3, -0.25) is 9.10 Å². The maximum Gasteiger partial charge on any atom is 0.255 e. The minimum absolute atomic E-state index is 0.0849. The second-order valence-electron chi connectivity index (χ2n) is 9.31. The van der Waals surface area contributed by atoms with Crippen molar-refractivity contribution < 1.29 is 26.8 Å². The number of carbonyl (C=O) groups is 1. The number of ether oxygens (including phenoxy) is 1. The van der Waals surface area contributed by atoms with Gasteiger partial charge in [0.15, 0.2) is 0 Å². The normalized spacial score (nSPS) is 13.5. The van der Waals surface area contributed by atoms with E-state index in [1.807, 2.05) is 18.2 Å². The topological polar surface area (TPSA) is 88.8 Å². The molecule has 4 aromatic rings. The molecule has 3 aromatic carbocycles. The molecule has 0 spiro atoms. The molecule has 1 aromatic heterocycles. The van der Waals surface area contributed by atoms with Crippen molar-refractivity contribution in [3.8, 4) is 17.1 Å². The molecule has 10 heteroatoms. The van der Waals surface area contributed by atoms with E-state index in [2.05, 4.69) is 21.2 Å². The van der Waals surface area contributed by atoms with E-state index in [-0.39, 0.29) is 18.4 Å². The summed E-state index contributed by atoms with van der Waals surface area (Å²) in [6.07, 6.45) is 3.01. The molecule has 0 atom stereocenters. The number of nitrogens with zero attached hydrogens (tertiary/aromatic N) is 1. The van der Waals surface area contributed by atoms with Gasteiger partial charge in [-0.2, -0.15) is 0 Å². The largest absolute Gasteiger partial charge is 0.496 e. The highest BCUT2D eigenvalue weighted by Gasteiger charge is 2.33. The molecule has 0 bridgehead atoms. The summed E-state index contributed by atoms with van der Waals surface area (Å²) in [4.78, 5) is 13.0. The number of hydrogen-bond acceptors (Lipinski definition) is 5. The van der Waals surface area contributed by atoms with Gasteiger partial charge in [0.2, 0.25) is 10.0 Å². The van der Waals surface area contributed by atoms with Crippen molar-refractivity contribution in [2.24, 2.45) is 0 Å². The molecule has 7 nitrogen and oxygen atoms in total. The van der Waals surface area contributed by atoms with Gasteiger partial charge in [-0.1, -0.05) is 6.07 Å². The third-order valence-corrected chi connectivity index (χ3v) is 8.41. The summed E-state index contributed by atoms with van der Waals surface area (Å²) in [5.74, 6) is 0.304. The molecule has 1 aliphatic rings. The zero-order valence-electron chi connectivity index (χ0n) is 21.0. The number of anilines is 1. The summed E-state index contributed by atoms with van der Waals surface area (Å²) in [7, 11) is -0.622. The van der Waals surface area contributed by atoms with Gasteiger partial charge in [0, 0.05) is 24.1 Å². The van der Waals surface area contributed by atoms with E-state index < -0.39 is 15.8 Å². The average molecular weight is 601 g/mol. The molecule has 1 saturated carbocycles. The first-order chi connectivity index (χ1) is 18.1. The van der Waals surface area contributed by atoms with Gasteiger partial charge >= 0.3 is 0 Å². The van der Waals surface area contributed by atoms with Crippen LogP contribution in [0.1, 0.15) is 40.2 Å². The second-order valence-corrected chi connectivity index (χ2v) is 12.1. The van der Waals surface area contributed by atoms with E-state index in [9.17, 15) is 17.6 Å². The quantitative estimate of drug-likeness (QED) is 0.259. The first-order valence-corrected chi connectivity index (χ1v) is 14.6. The van der Waals surface area contributed by atoms with E-state index in [4.69, 9.17) is 9.15 Å². The maximum atomic E-state index is 13.6. The number of hydrogen-bond donors (Lipinski definition) is 1. The third kappa shape index (κ3) is 5.02. The van der Waals surface area contributed by atoms with Gasteiger partial charge in [0.05, 0.1) is 35.6 Å². The Morgan fingerprint density at radius 2 is 1.87 bits per heavy atom. The Balaban J connectivity index is 1.71. The van der Waals surface area contributed by atoms with Crippen molar-refractivity contribution in [1.82, 2.24) is 5.32 Å². The van der Waals surface area contributed by atoms with Crippen LogP contribution in [0.15, 0.2) is 63.5 Å². The van der Waals surface area contributed by atoms with Crippen molar-refractivity contribution in [1.29, 1.82) is 0 Å². The number of carbonyl (C=O) groups excluding carboxylic acids is 1. The number of sulfonamides is 1. The molecular formula is C28H26BrFN2O5S. The Morgan fingerprint density at radius 3 is 2.47 bits per heavy atom. The molecule has 0 radical (unpaired) electrons. The lowest BCUT2D eigenvalue weighted by Crippen LogP contribution is -2.30. The van der Waals surface area contributed by atoms with Crippen LogP contribution >= 0.6 is 15.9 Å². The smallest absolute Gasteiger partial charge is 0.255 e. The molecule has 1 N–H and O–H groups in total. The van der Waals surface area contributed by atoms with Crippen molar-refractivity contribution in [3.05, 3.63) is 81.6 Å². The van der Waals surface area contributed by atoms with Crippen molar-refractivity contribution in [3.63, 3.8) is 0 Å². The molecule has 1 fully saturated rings. The third-order valence-electron chi connectivity index (χ3n) is 6.63. The Kier molecular flexibility index (Phi) is 6.96. The zero-order chi connectivity index (χ0) is 27.2. The van der Waals surface area contributed by atoms with Crippen molar-refractivity contribution in [2.45, 2.75) is 25.3 Å². The van der Waals surface area contributed by atoms with Gasteiger partial charge in [-0.05, 0) is 88.3 Å². The van der Waals surface area contributed by atoms with E-state index in [0.29, 0.717) is 39.3 Å². The summed E-state index contributed by atoms with van der Waals surface area (Å²) in [6, 6.07) is 14.7. The first kappa shape index (κ1) is 26.2. The van der Waals surface area contributed by atoms with E-state index in [1.165, 1.54) is 29.7 Å². The lowest BCUT2D eigenvalue weighted by molar-refractivity contribution is 0.0964. The van der Waals surface area contributed by atoms with Crippen LogP contribution < -0.4 is 14.4 Å². The summed E-state index contributed by atoms with van der Waals surface area (Å²) < 4.78 is 53.6. The molecular weight excluding hydrogens is 575 g/mol. The number of methoxy groups -OCH3 is 1. The molecule has 1 aliphatic carbocycles. The molecule has 1 heterocycles. The summed E-state index contributed by atoms with van der Waals surface area (Å²) >= 11 is 3.43. The Labute approximate surface area is 228 Å². The molecule has 198 valence electrons. The zero-order valence-corrected chi connectivity index (χ0v) is 23.4. The van der Waals surface area contributed by atoms with Crippen LogP contribution in [0.25, 0.3) is 22.3 Å². The van der Waals surface area contributed by atoms with Gasteiger partial charge in [0.25, 0.3) is 5.91 Å². The second kappa shape index (κ2) is 10.1.